The zero-order valence-electron chi connectivity index (χ0n) is 19.1. The third kappa shape index (κ3) is 5.16. The number of nitrogens with one attached hydrogen (secondary N) is 2. The zero-order valence-corrected chi connectivity index (χ0v) is 19.1. The van der Waals surface area contributed by atoms with Crippen molar-refractivity contribution in [3.05, 3.63) is 0 Å². The molecule has 2 saturated heterocycles. The molecule has 2 aliphatic heterocycles. The fourth-order valence-corrected chi connectivity index (χ4v) is 5.15. The minimum atomic E-state index is -0.442. The molecule has 7 heteroatoms. The fraction of sp³-hybridized carbons (Fsp3) is 0.909. The van der Waals surface area contributed by atoms with E-state index in [9.17, 15) is 4.79 Å². The van der Waals surface area contributed by atoms with Gasteiger partial charge in [0.2, 0.25) is 0 Å². The first-order chi connectivity index (χ1) is 13.6. The van der Waals surface area contributed by atoms with E-state index < -0.39 is 5.60 Å². The van der Waals surface area contributed by atoms with Gasteiger partial charge in [0.15, 0.2) is 5.96 Å². The summed E-state index contributed by atoms with van der Waals surface area (Å²) in [6, 6.07) is 0.401. The summed E-state index contributed by atoms with van der Waals surface area (Å²) < 4.78 is 11.4. The fourth-order valence-electron chi connectivity index (χ4n) is 5.15. The number of likely N-dealkylation sites (tertiary alicyclic amines) is 1. The SMILES string of the molecule is CN=C(NCCC1CCCN(C(=O)OC(C)(C)C)C1)NC1C2CCOC2C1(C)C. The van der Waals surface area contributed by atoms with Gasteiger partial charge in [0.1, 0.15) is 5.60 Å². The predicted molar refractivity (Wildman–Crippen MR) is 115 cm³/mol. The Morgan fingerprint density at radius 1 is 1.31 bits per heavy atom. The molecule has 7 nitrogen and oxygen atoms in total. The third-order valence-electron chi connectivity index (χ3n) is 6.63. The molecule has 0 spiro atoms. The van der Waals surface area contributed by atoms with Crippen molar-refractivity contribution in [2.24, 2.45) is 22.2 Å². The maximum Gasteiger partial charge on any atom is 0.410 e. The maximum atomic E-state index is 12.3. The number of fused-ring (bicyclic) bond motifs is 1. The van der Waals surface area contributed by atoms with Crippen molar-refractivity contribution < 1.29 is 14.3 Å². The van der Waals surface area contributed by atoms with Gasteiger partial charge < -0.3 is 25.0 Å². The first-order valence-corrected chi connectivity index (χ1v) is 11.2. The molecule has 0 aromatic carbocycles. The molecule has 4 atom stereocenters. The second kappa shape index (κ2) is 8.70. The molecule has 1 aliphatic carbocycles. The molecule has 4 unspecified atom stereocenters. The van der Waals surface area contributed by atoms with E-state index in [0.29, 0.717) is 24.0 Å². The monoisotopic (exact) mass is 408 g/mol. The van der Waals surface area contributed by atoms with Gasteiger partial charge in [-0.15, -0.1) is 0 Å². The van der Waals surface area contributed by atoms with Crippen LogP contribution in [0.5, 0.6) is 0 Å². The van der Waals surface area contributed by atoms with Crippen molar-refractivity contribution in [1.82, 2.24) is 15.5 Å². The van der Waals surface area contributed by atoms with E-state index >= 15 is 0 Å². The summed E-state index contributed by atoms with van der Waals surface area (Å²) in [7, 11) is 1.83. The number of piperidine rings is 1. The molecule has 2 heterocycles. The molecule has 3 rings (SSSR count). The number of ether oxygens (including phenoxy) is 2. The highest BCUT2D eigenvalue weighted by molar-refractivity contribution is 5.80. The second-order valence-electron chi connectivity index (χ2n) is 10.4. The highest BCUT2D eigenvalue weighted by atomic mass is 16.6. The molecule has 1 amide bonds. The largest absolute Gasteiger partial charge is 0.444 e. The average molecular weight is 409 g/mol. The van der Waals surface area contributed by atoms with Crippen LogP contribution in [-0.2, 0) is 9.47 Å². The topological polar surface area (TPSA) is 75.2 Å². The lowest BCUT2D eigenvalue weighted by atomic mass is 9.57. The maximum absolute atomic E-state index is 12.3. The molecular formula is C22H40N4O3. The van der Waals surface area contributed by atoms with E-state index in [4.69, 9.17) is 9.47 Å². The summed E-state index contributed by atoms with van der Waals surface area (Å²) in [5.74, 6) is 1.95. The summed E-state index contributed by atoms with van der Waals surface area (Å²) >= 11 is 0. The summed E-state index contributed by atoms with van der Waals surface area (Å²) in [5, 5.41) is 7.11. The van der Waals surface area contributed by atoms with Gasteiger partial charge in [-0.2, -0.15) is 0 Å². The van der Waals surface area contributed by atoms with Crippen molar-refractivity contribution in [2.45, 2.75) is 78.0 Å². The van der Waals surface area contributed by atoms with Crippen LogP contribution in [0.3, 0.4) is 0 Å². The summed E-state index contributed by atoms with van der Waals surface area (Å²) in [6.45, 7) is 13.6. The lowest BCUT2D eigenvalue weighted by molar-refractivity contribution is -0.106. The number of hydrogen-bond acceptors (Lipinski definition) is 4. The predicted octanol–water partition coefficient (Wildman–Crippen LogP) is 3.00. The van der Waals surface area contributed by atoms with Crippen LogP contribution in [0.4, 0.5) is 4.79 Å². The number of aliphatic imine (C=N–C) groups is 1. The Morgan fingerprint density at radius 3 is 2.76 bits per heavy atom. The van der Waals surface area contributed by atoms with E-state index in [0.717, 1.165) is 57.9 Å². The number of nitrogens with zero attached hydrogens (tertiary/aromatic N) is 2. The van der Waals surface area contributed by atoms with Gasteiger partial charge in [-0.25, -0.2) is 4.79 Å². The third-order valence-corrected chi connectivity index (χ3v) is 6.63. The van der Waals surface area contributed by atoms with Crippen molar-refractivity contribution in [3.8, 4) is 0 Å². The summed E-state index contributed by atoms with van der Waals surface area (Å²) in [4.78, 5) is 18.6. The molecule has 1 saturated carbocycles. The minimum absolute atomic E-state index is 0.135. The molecule has 0 aromatic heterocycles. The quantitative estimate of drug-likeness (QED) is 0.552. The number of rotatable bonds is 4. The first-order valence-electron chi connectivity index (χ1n) is 11.2. The van der Waals surface area contributed by atoms with Gasteiger partial charge in [0.05, 0.1) is 6.10 Å². The van der Waals surface area contributed by atoms with Gasteiger partial charge in [-0.1, -0.05) is 13.8 Å². The van der Waals surface area contributed by atoms with E-state index in [1.807, 2.05) is 32.7 Å². The highest BCUT2D eigenvalue weighted by Crippen LogP contribution is 2.52. The molecule has 0 bridgehead atoms. The Balaban J connectivity index is 1.42. The number of carbonyl (C=O) groups excluding carboxylic acids is 1. The van der Waals surface area contributed by atoms with Crippen LogP contribution < -0.4 is 10.6 Å². The highest BCUT2D eigenvalue weighted by Gasteiger charge is 2.59. The molecule has 3 fully saturated rings. The van der Waals surface area contributed by atoms with Crippen LogP contribution in [0.25, 0.3) is 0 Å². The number of hydrogen-bond donors (Lipinski definition) is 2. The standard InChI is InChI=1S/C22H40N4O3/c1-21(2,3)29-20(27)26-12-7-8-15(14-26)9-11-24-19(23-6)25-17-16-10-13-28-18(16)22(17,4)5/h15-18H,7-14H2,1-6H3,(H2,23,24,25). The normalized spacial score (nSPS) is 31.7. The minimum Gasteiger partial charge on any atom is -0.444 e. The first kappa shape index (κ1) is 22.2. The molecule has 0 aromatic rings. The Kier molecular flexibility index (Phi) is 6.66. The van der Waals surface area contributed by atoms with Gasteiger partial charge in [0, 0.05) is 50.7 Å². The Hall–Kier alpha value is -1.50. The molecule has 29 heavy (non-hydrogen) atoms. The van der Waals surface area contributed by atoms with Crippen LogP contribution in [-0.4, -0.2) is 68.0 Å². The average Bonchev–Trinajstić information content (AvgIpc) is 3.10. The Morgan fingerprint density at radius 2 is 2.07 bits per heavy atom. The van der Waals surface area contributed by atoms with Crippen molar-refractivity contribution in [2.75, 3.05) is 33.3 Å². The zero-order chi connectivity index (χ0) is 21.2. The van der Waals surface area contributed by atoms with Crippen molar-refractivity contribution in [1.29, 1.82) is 0 Å². The van der Waals surface area contributed by atoms with E-state index in [-0.39, 0.29) is 11.5 Å². The van der Waals surface area contributed by atoms with E-state index in [1.54, 1.807) is 0 Å². The lowest BCUT2D eigenvalue weighted by Gasteiger charge is -2.54. The molecule has 3 aliphatic rings. The van der Waals surface area contributed by atoms with Crippen LogP contribution in [0, 0.1) is 17.3 Å². The smallest absolute Gasteiger partial charge is 0.410 e. The van der Waals surface area contributed by atoms with Crippen molar-refractivity contribution >= 4 is 12.1 Å². The molecule has 2 N–H and O–H groups in total. The van der Waals surface area contributed by atoms with Crippen LogP contribution in [0.2, 0.25) is 0 Å². The van der Waals surface area contributed by atoms with Crippen LogP contribution >= 0.6 is 0 Å². The lowest BCUT2D eigenvalue weighted by Crippen LogP contribution is -2.68. The Labute approximate surface area is 176 Å². The number of amides is 1. The molecular weight excluding hydrogens is 368 g/mol. The summed E-state index contributed by atoms with van der Waals surface area (Å²) in [6.07, 6.45) is 4.53. The van der Waals surface area contributed by atoms with Gasteiger partial charge in [-0.3, -0.25) is 4.99 Å². The van der Waals surface area contributed by atoms with Crippen LogP contribution in [0.1, 0.15) is 60.3 Å². The van der Waals surface area contributed by atoms with E-state index in [1.165, 1.54) is 0 Å². The van der Waals surface area contributed by atoms with Gasteiger partial charge in [-0.05, 0) is 52.4 Å². The Bertz CT molecular complexity index is 614. The number of guanidine groups is 1. The van der Waals surface area contributed by atoms with Crippen molar-refractivity contribution in [3.63, 3.8) is 0 Å². The van der Waals surface area contributed by atoms with E-state index in [2.05, 4.69) is 29.5 Å². The summed E-state index contributed by atoms with van der Waals surface area (Å²) in [5.41, 5.74) is -0.307. The molecule has 0 radical (unpaired) electrons. The second-order valence-corrected chi connectivity index (χ2v) is 10.4. The number of carbonyl (C=O) groups is 1. The van der Waals surface area contributed by atoms with Gasteiger partial charge in [0.25, 0.3) is 0 Å². The van der Waals surface area contributed by atoms with Gasteiger partial charge >= 0.3 is 6.09 Å². The molecule has 166 valence electrons. The van der Waals surface area contributed by atoms with Crippen LogP contribution in [0.15, 0.2) is 4.99 Å².